The van der Waals surface area contributed by atoms with Crippen LogP contribution in [-0.2, 0) is 11.3 Å². The number of alkyl halides is 3. The molecule has 0 aliphatic rings. The van der Waals surface area contributed by atoms with Gasteiger partial charge in [0, 0.05) is 20.0 Å². The second-order valence-corrected chi connectivity index (χ2v) is 5.39. The third kappa shape index (κ3) is 9.62. The van der Waals surface area contributed by atoms with E-state index in [-0.39, 0.29) is 24.1 Å². The Labute approximate surface area is 146 Å². The van der Waals surface area contributed by atoms with Crippen LogP contribution < -0.4 is 10.5 Å². The van der Waals surface area contributed by atoms with Gasteiger partial charge in [0.25, 0.3) is 0 Å². The number of benzene rings is 1. The van der Waals surface area contributed by atoms with E-state index in [1.165, 1.54) is 24.3 Å². The van der Waals surface area contributed by atoms with E-state index in [9.17, 15) is 18.0 Å². The largest absolute Gasteiger partial charge is 0.573 e. The summed E-state index contributed by atoms with van der Waals surface area (Å²) < 4.78 is 40.0. The number of carbonyl (C=O) groups excluding carboxylic acids is 1. The molecular weight excluding hydrogens is 345 g/mol. The highest BCUT2D eigenvalue weighted by Gasteiger charge is 2.30. The van der Waals surface area contributed by atoms with Crippen molar-refractivity contribution in [2.75, 3.05) is 13.6 Å². The van der Waals surface area contributed by atoms with E-state index >= 15 is 0 Å². The molecule has 1 rings (SSSR count). The minimum Gasteiger partial charge on any atom is -0.406 e. The van der Waals surface area contributed by atoms with Crippen LogP contribution in [0.3, 0.4) is 0 Å². The second kappa shape index (κ2) is 11.1. The smallest absolute Gasteiger partial charge is 0.406 e. The van der Waals surface area contributed by atoms with Gasteiger partial charge in [-0.3, -0.25) is 4.79 Å². The van der Waals surface area contributed by atoms with Gasteiger partial charge in [0.05, 0.1) is 0 Å². The van der Waals surface area contributed by atoms with Gasteiger partial charge in [-0.05, 0) is 37.1 Å². The summed E-state index contributed by atoms with van der Waals surface area (Å²) in [6.07, 6.45) is -0.444. The van der Waals surface area contributed by atoms with Crippen molar-refractivity contribution in [1.29, 1.82) is 0 Å². The summed E-state index contributed by atoms with van der Waals surface area (Å²) in [4.78, 5) is 13.5. The molecular formula is C16H24ClF3N2O2. The molecule has 24 heavy (non-hydrogen) atoms. The zero-order valence-electron chi connectivity index (χ0n) is 13.6. The molecule has 1 aromatic carbocycles. The molecule has 0 aromatic heterocycles. The molecule has 0 aliphatic heterocycles. The number of carbonyl (C=O) groups is 1. The Balaban J connectivity index is 0.00000529. The lowest BCUT2D eigenvalue weighted by molar-refractivity contribution is -0.274. The van der Waals surface area contributed by atoms with Crippen LogP contribution >= 0.6 is 12.4 Å². The fourth-order valence-corrected chi connectivity index (χ4v) is 2.12. The fourth-order valence-electron chi connectivity index (χ4n) is 2.12. The first-order valence-electron chi connectivity index (χ1n) is 7.60. The van der Waals surface area contributed by atoms with Crippen molar-refractivity contribution in [2.24, 2.45) is 5.73 Å². The van der Waals surface area contributed by atoms with Crippen molar-refractivity contribution in [3.05, 3.63) is 29.8 Å². The van der Waals surface area contributed by atoms with Gasteiger partial charge in [-0.1, -0.05) is 25.0 Å². The lowest BCUT2D eigenvalue weighted by Gasteiger charge is -2.17. The minimum atomic E-state index is -4.70. The number of nitrogens with two attached hydrogens (primary N) is 1. The Hall–Kier alpha value is -1.47. The summed E-state index contributed by atoms with van der Waals surface area (Å²) in [5.74, 6) is -0.247. The van der Waals surface area contributed by atoms with Gasteiger partial charge in [0.2, 0.25) is 5.91 Å². The summed E-state index contributed by atoms with van der Waals surface area (Å²) in [6, 6.07) is 5.53. The zero-order valence-corrected chi connectivity index (χ0v) is 14.5. The highest BCUT2D eigenvalue weighted by Crippen LogP contribution is 2.23. The number of hydrogen-bond donors (Lipinski definition) is 1. The van der Waals surface area contributed by atoms with Crippen LogP contribution in [0.15, 0.2) is 24.3 Å². The highest BCUT2D eigenvalue weighted by atomic mass is 35.5. The van der Waals surface area contributed by atoms with E-state index in [2.05, 4.69) is 4.74 Å². The van der Waals surface area contributed by atoms with Crippen molar-refractivity contribution in [3.8, 4) is 5.75 Å². The van der Waals surface area contributed by atoms with Gasteiger partial charge in [-0.25, -0.2) is 0 Å². The molecule has 0 radical (unpaired) electrons. The number of unbranched alkanes of at least 4 members (excludes halogenated alkanes) is 3. The Kier molecular flexibility index (Phi) is 10.5. The standard InChI is InChI=1S/C16H23F3N2O2.ClH/c1-21(15(22)6-4-2-3-5-11-20)12-13-7-9-14(10-8-13)23-16(17,18)19;/h7-10H,2-6,11-12,20H2,1H3;1H. The number of halogens is 4. The maximum Gasteiger partial charge on any atom is 0.573 e. The Morgan fingerprint density at radius 3 is 2.25 bits per heavy atom. The molecule has 0 bridgehead atoms. The first kappa shape index (κ1) is 22.5. The van der Waals surface area contributed by atoms with Gasteiger partial charge in [0.1, 0.15) is 5.75 Å². The molecule has 0 saturated heterocycles. The van der Waals surface area contributed by atoms with E-state index in [0.717, 1.165) is 31.2 Å². The van der Waals surface area contributed by atoms with Crippen molar-refractivity contribution < 1.29 is 22.7 Å². The maximum absolute atomic E-state index is 12.1. The molecule has 1 amide bonds. The predicted octanol–water partition coefficient (Wildman–Crippen LogP) is 3.87. The predicted molar refractivity (Wildman–Crippen MR) is 89.0 cm³/mol. The lowest BCUT2D eigenvalue weighted by atomic mass is 10.1. The summed E-state index contributed by atoms with van der Waals surface area (Å²) >= 11 is 0. The Morgan fingerprint density at radius 2 is 1.71 bits per heavy atom. The van der Waals surface area contributed by atoms with Crippen LogP contribution in [0.2, 0.25) is 0 Å². The highest BCUT2D eigenvalue weighted by molar-refractivity contribution is 5.85. The summed E-state index contributed by atoms with van der Waals surface area (Å²) in [6.45, 7) is 1.02. The fraction of sp³-hybridized carbons (Fsp3) is 0.562. The van der Waals surface area contributed by atoms with E-state index in [1.54, 1.807) is 11.9 Å². The second-order valence-electron chi connectivity index (χ2n) is 5.39. The molecule has 0 saturated carbocycles. The molecule has 0 heterocycles. The number of ether oxygens (including phenoxy) is 1. The maximum atomic E-state index is 12.1. The first-order chi connectivity index (χ1) is 10.8. The van der Waals surface area contributed by atoms with Gasteiger partial charge in [0.15, 0.2) is 0 Å². The van der Waals surface area contributed by atoms with Crippen molar-refractivity contribution >= 4 is 18.3 Å². The minimum absolute atomic E-state index is 0. The number of amides is 1. The van der Waals surface area contributed by atoms with Crippen LogP contribution in [0.1, 0.15) is 37.7 Å². The molecule has 4 nitrogen and oxygen atoms in total. The zero-order chi connectivity index (χ0) is 17.3. The topological polar surface area (TPSA) is 55.6 Å². The number of hydrogen-bond acceptors (Lipinski definition) is 3. The summed E-state index contributed by atoms with van der Waals surface area (Å²) in [5.41, 5.74) is 6.15. The Morgan fingerprint density at radius 1 is 1.12 bits per heavy atom. The molecule has 0 spiro atoms. The van der Waals surface area contributed by atoms with Crippen LogP contribution in [0.5, 0.6) is 5.75 Å². The van der Waals surface area contributed by atoms with Gasteiger partial charge < -0.3 is 15.4 Å². The van der Waals surface area contributed by atoms with Crippen molar-refractivity contribution in [3.63, 3.8) is 0 Å². The summed E-state index contributed by atoms with van der Waals surface area (Å²) in [5, 5.41) is 0. The van der Waals surface area contributed by atoms with Gasteiger partial charge in [-0.2, -0.15) is 0 Å². The van der Waals surface area contributed by atoms with Crippen molar-refractivity contribution in [2.45, 2.75) is 45.0 Å². The lowest BCUT2D eigenvalue weighted by Crippen LogP contribution is -2.25. The molecule has 0 fully saturated rings. The average Bonchev–Trinajstić information content (AvgIpc) is 2.47. The molecule has 1 aromatic rings. The normalized spacial score (nSPS) is 10.9. The van der Waals surface area contributed by atoms with E-state index in [1.807, 2.05) is 0 Å². The number of nitrogens with zero attached hydrogens (tertiary/aromatic N) is 1. The summed E-state index contributed by atoms with van der Waals surface area (Å²) in [7, 11) is 1.68. The SMILES string of the molecule is CN(Cc1ccc(OC(F)(F)F)cc1)C(=O)CCCCCCN.Cl. The first-order valence-corrected chi connectivity index (χ1v) is 7.60. The van der Waals surface area contributed by atoms with Gasteiger partial charge >= 0.3 is 6.36 Å². The third-order valence-corrected chi connectivity index (χ3v) is 3.35. The monoisotopic (exact) mass is 368 g/mol. The van der Waals surface area contributed by atoms with Crippen molar-refractivity contribution in [1.82, 2.24) is 4.90 Å². The quantitative estimate of drug-likeness (QED) is 0.673. The number of rotatable bonds is 9. The molecule has 0 aliphatic carbocycles. The Bertz CT molecular complexity index is 481. The van der Waals surface area contributed by atoms with Crippen LogP contribution in [0.4, 0.5) is 13.2 Å². The molecule has 0 atom stereocenters. The molecule has 8 heteroatoms. The van der Waals surface area contributed by atoms with E-state index in [4.69, 9.17) is 5.73 Å². The van der Waals surface area contributed by atoms with E-state index < -0.39 is 6.36 Å². The molecule has 2 N–H and O–H groups in total. The van der Waals surface area contributed by atoms with Crippen LogP contribution in [0, 0.1) is 0 Å². The van der Waals surface area contributed by atoms with Crippen LogP contribution in [0.25, 0.3) is 0 Å². The van der Waals surface area contributed by atoms with E-state index in [0.29, 0.717) is 19.5 Å². The average molecular weight is 369 g/mol. The molecule has 0 unspecified atom stereocenters. The van der Waals surface area contributed by atoms with Gasteiger partial charge in [-0.15, -0.1) is 25.6 Å². The van der Waals surface area contributed by atoms with Crippen LogP contribution in [-0.4, -0.2) is 30.8 Å². The third-order valence-electron chi connectivity index (χ3n) is 3.35. The molecule has 138 valence electrons.